The van der Waals surface area contributed by atoms with Crippen LogP contribution >= 0.6 is 23.1 Å². The molecule has 0 bridgehead atoms. The summed E-state index contributed by atoms with van der Waals surface area (Å²) in [5.74, 6) is -2.15. The molecule has 4 atom stereocenters. The third kappa shape index (κ3) is 3.79. The molecule has 2 fully saturated rings. The van der Waals surface area contributed by atoms with Gasteiger partial charge in [0.1, 0.15) is 5.70 Å². The average molecular weight is 505 g/mol. The molecule has 10 nitrogen and oxygen atoms in total. The SMILES string of the molecule is C[C@@H](O)C1C(=O)N2C(C(=O)O)=C(SC3CN(c4nc(CNC(=O)c5ccco5)cs4)C3)[C@H](C)C12. The van der Waals surface area contributed by atoms with Crippen LogP contribution in [0.3, 0.4) is 0 Å². The van der Waals surface area contributed by atoms with Gasteiger partial charge in [-0.25, -0.2) is 9.78 Å². The lowest BCUT2D eigenvalue weighted by atomic mass is 9.79. The maximum Gasteiger partial charge on any atom is 0.353 e. The van der Waals surface area contributed by atoms with Gasteiger partial charge in [-0.2, -0.15) is 0 Å². The number of thioether (sulfide) groups is 1. The van der Waals surface area contributed by atoms with Crippen molar-refractivity contribution in [1.29, 1.82) is 0 Å². The number of rotatable bonds is 8. The van der Waals surface area contributed by atoms with Gasteiger partial charge >= 0.3 is 5.97 Å². The minimum absolute atomic E-state index is 0.0617. The topological polar surface area (TPSA) is 136 Å². The third-order valence-corrected chi connectivity index (χ3v) is 8.84. The number of furan rings is 1. The van der Waals surface area contributed by atoms with E-state index in [-0.39, 0.29) is 40.5 Å². The summed E-state index contributed by atoms with van der Waals surface area (Å²) >= 11 is 3.00. The number of aliphatic carboxylic acids is 1. The Bertz CT molecular complexity index is 1150. The van der Waals surface area contributed by atoms with Gasteiger partial charge in [0.05, 0.1) is 36.6 Å². The van der Waals surface area contributed by atoms with E-state index in [0.29, 0.717) is 24.5 Å². The number of β-lactam (4-membered cyclic amide) rings is 1. The summed E-state index contributed by atoms with van der Waals surface area (Å²) in [6.45, 7) is 5.21. The molecular weight excluding hydrogens is 480 g/mol. The van der Waals surface area contributed by atoms with Crippen LogP contribution < -0.4 is 10.2 Å². The lowest BCUT2D eigenvalue weighted by molar-refractivity contribution is -0.163. The fraction of sp³-hybridized carbons (Fsp3) is 0.455. The van der Waals surface area contributed by atoms with E-state index < -0.39 is 18.0 Å². The average Bonchev–Trinajstić information content (AvgIpc) is 3.48. The Morgan fingerprint density at radius 3 is 2.82 bits per heavy atom. The van der Waals surface area contributed by atoms with Crippen LogP contribution in [0.5, 0.6) is 0 Å². The number of anilines is 1. The van der Waals surface area contributed by atoms with Crippen molar-refractivity contribution in [2.24, 2.45) is 11.8 Å². The molecule has 3 aliphatic rings. The normalized spacial score (nSPS) is 25.1. The van der Waals surface area contributed by atoms with Crippen LogP contribution in [-0.4, -0.2) is 68.4 Å². The highest BCUT2D eigenvalue weighted by atomic mass is 32.2. The van der Waals surface area contributed by atoms with E-state index in [0.717, 1.165) is 10.8 Å². The van der Waals surface area contributed by atoms with Crippen molar-refractivity contribution in [2.75, 3.05) is 18.0 Å². The molecule has 3 aliphatic heterocycles. The van der Waals surface area contributed by atoms with Gasteiger partial charge in [-0.05, 0) is 19.1 Å². The van der Waals surface area contributed by atoms with Gasteiger partial charge in [-0.1, -0.05) is 6.92 Å². The lowest BCUT2D eigenvalue weighted by Crippen LogP contribution is -2.63. The highest BCUT2D eigenvalue weighted by molar-refractivity contribution is 8.03. The summed E-state index contributed by atoms with van der Waals surface area (Å²) < 4.78 is 5.08. The van der Waals surface area contributed by atoms with E-state index in [4.69, 9.17) is 4.42 Å². The van der Waals surface area contributed by atoms with Crippen LogP contribution in [0.4, 0.5) is 5.13 Å². The highest BCUT2D eigenvalue weighted by Crippen LogP contribution is 2.52. The Morgan fingerprint density at radius 2 is 2.18 bits per heavy atom. The molecule has 12 heteroatoms. The van der Waals surface area contributed by atoms with Crippen molar-refractivity contribution in [3.8, 4) is 0 Å². The Morgan fingerprint density at radius 1 is 1.41 bits per heavy atom. The van der Waals surface area contributed by atoms with Gasteiger partial charge in [0.25, 0.3) is 5.91 Å². The number of carboxylic acid groups (broad SMARTS) is 1. The van der Waals surface area contributed by atoms with Crippen molar-refractivity contribution in [3.63, 3.8) is 0 Å². The van der Waals surface area contributed by atoms with Crippen molar-refractivity contribution < 1.29 is 29.0 Å². The van der Waals surface area contributed by atoms with Crippen molar-refractivity contribution >= 4 is 46.0 Å². The molecule has 0 aromatic carbocycles. The van der Waals surface area contributed by atoms with Crippen molar-refractivity contribution in [2.45, 2.75) is 37.8 Å². The Balaban J connectivity index is 1.18. The molecule has 3 N–H and O–H groups in total. The molecular formula is C22H24N4O6S2. The predicted molar refractivity (Wildman–Crippen MR) is 125 cm³/mol. The van der Waals surface area contributed by atoms with Gasteiger partial charge in [0.15, 0.2) is 10.9 Å². The summed E-state index contributed by atoms with van der Waals surface area (Å²) in [5, 5.41) is 25.4. The number of hydrogen-bond donors (Lipinski definition) is 3. The van der Waals surface area contributed by atoms with Crippen LogP contribution in [-0.2, 0) is 16.1 Å². The summed E-state index contributed by atoms with van der Waals surface area (Å²) in [4.78, 5) is 45.2. The van der Waals surface area contributed by atoms with Gasteiger partial charge in [0, 0.05) is 34.5 Å². The maximum atomic E-state index is 12.5. The number of carbonyl (C=O) groups is 3. The second kappa shape index (κ2) is 8.75. The minimum Gasteiger partial charge on any atom is -0.477 e. The molecule has 2 unspecified atom stereocenters. The fourth-order valence-electron chi connectivity index (χ4n) is 4.72. The molecule has 2 amide bonds. The highest BCUT2D eigenvalue weighted by Gasteiger charge is 2.60. The second-order valence-corrected chi connectivity index (χ2v) is 10.9. The van der Waals surface area contributed by atoms with E-state index in [1.54, 1.807) is 19.1 Å². The maximum absolute atomic E-state index is 12.5. The van der Waals surface area contributed by atoms with Crippen LogP contribution in [0.2, 0.25) is 0 Å². The number of nitrogens with zero attached hydrogens (tertiary/aromatic N) is 3. The summed E-state index contributed by atoms with van der Waals surface area (Å²) in [5.41, 5.74) is 0.815. The number of aromatic nitrogens is 1. The molecule has 5 heterocycles. The van der Waals surface area contributed by atoms with Crippen LogP contribution in [0.15, 0.2) is 38.8 Å². The molecule has 34 heavy (non-hydrogen) atoms. The largest absolute Gasteiger partial charge is 0.477 e. The molecule has 0 radical (unpaired) electrons. The first-order chi connectivity index (χ1) is 16.3. The zero-order chi connectivity index (χ0) is 24.1. The quantitative estimate of drug-likeness (QED) is 0.459. The van der Waals surface area contributed by atoms with Crippen LogP contribution in [0, 0.1) is 11.8 Å². The molecule has 2 aromatic heterocycles. The van der Waals surface area contributed by atoms with Gasteiger partial charge in [0.2, 0.25) is 5.91 Å². The van der Waals surface area contributed by atoms with Crippen LogP contribution in [0.1, 0.15) is 30.1 Å². The zero-order valence-electron chi connectivity index (χ0n) is 18.5. The molecule has 0 aliphatic carbocycles. The summed E-state index contributed by atoms with van der Waals surface area (Å²) in [6, 6.07) is 2.95. The number of hydrogen-bond acceptors (Lipinski definition) is 9. The molecule has 0 saturated carbocycles. The molecule has 0 spiro atoms. The van der Waals surface area contributed by atoms with E-state index in [1.807, 2.05) is 12.3 Å². The molecule has 2 aromatic rings. The Kier molecular flexibility index (Phi) is 5.90. The molecule has 5 rings (SSSR count). The third-order valence-electron chi connectivity index (χ3n) is 6.44. The first kappa shape index (κ1) is 22.9. The molecule has 2 saturated heterocycles. The zero-order valence-corrected chi connectivity index (χ0v) is 20.1. The number of thiazole rings is 1. The van der Waals surface area contributed by atoms with Crippen molar-refractivity contribution in [3.05, 3.63) is 45.8 Å². The smallest absolute Gasteiger partial charge is 0.353 e. The Labute approximate surface area is 203 Å². The van der Waals surface area contributed by atoms with E-state index in [1.165, 1.54) is 34.3 Å². The van der Waals surface area contributed by atoms with Gasteiger partial charge in [-0.15, -0.1) is 23.1 Å². The van der Waals surface area contributed by atoms with E-state index >= 15 is 0 Å². The number of nitrogens with one attached hydrogen (secondary N) is 1. The number of carboxylic acids is 1. The minimum atomic E-state index is -1.11. The number of carbonyl (C=O) groups excluding carboxylic acids is 2. The number of aliphatic hydroxyl groups excluding tert-OH is 1. The standard InChI is InChI=1S/C22H24N4O6S2/c1-10-16-15(11(2)27)20(29)26(16)17(21(30)31)18(10)34-13-7-25(8-13)22-24-12(9-33-22)6-23-19(28)14-4-3-5-32-14/h3-5,9-11,13,15-16,27H,6-8H2,1-2H3,(H,23,28)(H,30,31)/t10-,11-,15?,16?/m1/s1. The fourth-order valence-corrected chi connectivity index (χ4v) is 7.08. The first-order valence-electron chi connectivity index (χ1n) is 10.9. The number of amides is 2. The van der Waals surface area contributed by atoms with Crippen molar-refractivity contribution in [1.82, 2.24) is 15.2 Å². The number of aliphatic hydroxyl groups is 1. The van der Waals surface area contributed by atoms with E-state index in [9.17, 15) is 24.6 Å². The predicted octanol–water partition coefficient (Wildman–Crippen LogP) is 1.74. The summed E-state index contributed by atoms with van der Waals surface area (Å²) in [7, 11) is 0. The van der Waals surface area contributed by atoms with Gasteiger partial charge < -0.3 is 29.7 Å². The second-order valence-electron chi connectivity index (χ2n) is 8.70. The Hall–Kier alpha value is -2.83. The first-order valence-corrected chi connectivity index (χ1v) is 12.7. The lowest BCUT2D eigenvalue weighted by Gasteiger charge is -2.46. The monoisotopic (exact) mass is 504 g/mol. The summed E-state index contributed by atoms with van der Waals surface area (Å²) in [6.07, 6.45) is 0.638. The van der Waals surface area contributed by atoms with Crippen LogP contribution in [0.25, 0.3) is 0 Å². The van der Waals surface area contributed by atoms with E-state index in [2.05, 4.69) is 15.2 Å². The number of fused-ring (bicyclic) bond motifs is 1. The van der Waals surface area contributed by atoms with Gasteiger partial charge in [-0.3, -0.25) is 9.59 Å². The molecule has 180 valence electrons.